The Morgan fingerprint density at radius 3 is 2.33 bits per heavy atom. The van der Waals surface area contributed by atoms with E-state index in [1.54, 1.807) is 30.3 Å². The van der Waals surface area contributed by atoms with Crippen molar-refractivity contribution in [2.24, 2.45) is 0 Å². The van der Waals surface area contributed by atoms with E-state index in [9.17, 15) is 23.1 Å². The number of benzene rings is 1. The fourth-order valence-electron chi connectivity index (χ4n) is 1.96. The summed E-state index contributed by atoms with van der Waals surface area (Å²) in [6.45, 7) is 0.563. The summed E-state index contributed by atoms with van der Waals surface area (Å²) in [7, 11) is 1.45. The van der Waals surface area contributed by atoms with Gasteiger partial charge in [0.15, 0.2) is 6.10 Å². The lowest BCUT2D eigenvalue weighted by atomic mass is 9.87. The lowest BCUT2D eigenvalue weighted by molar-refractivity contribution is -0.215. The number of aliphatic carboxylic acids is 1. The molecule has 0 fully saturated rings. The molecule has 4 nitrogen and oxygen atoms in total. The Labute approximate surface area is 120 Å². The molecule has 0 saturated heterocycles. The van der Waals surface area contributed by atoms with Crippen LogP contribution in [0.2, 0.25) is 0 Å². The molecule has 1 rings (SSSR count). The minimum Gasteiger partial charge on any atom is -0.480 e. The average molecular weight is 305 g/mol. The largest absolute Gasteiger partial charge is 0.480 e. The molecule has 0 aliphatic carbocycles. The van der Waals surface area contributed by atoms with Crippen LogP contribution < -0.4 is 5.32 Å². The molecule has 0 amide bonds. The quantitative estimate of drug-likeness (QED) is 0.813. The number of hydrogen-bond donors (Lipinski definition) is 2. The van der Waals surface area contributed by atoms with Crippen LogP contribution in [0.5, 0.6) is 0 Å². The Bertz CT molecular complexity index is 464. The number of halogens is 3. The van der Waals surface area contributed by atoms with Crippen molar-refractivity contribution in [2.75, 3.05) is 13.7 Å². The zero-order valence-corrected chi connectivity index (χ0v) is 11.8. The fourth-order valence-corrected chi connectivity index (χ4v) is 1.96. The first-order valence-electron chi connectivity index (χ1n) is 6.40. The van der Waals surface area contributed by atoms with E-state index >= 15 is 0 Å². The number of alkyl halides is 3. The smallest absolute Gasteiger partial charge is 0.414 e. The SMILES string of the molecule is CNC(CCOC(C)C(F)(F)F)(C(=O)O)c1ccccc1. The van der Waals surface area contributed by atoms with E-state index in [4.69, 9.17) is 4.74 Å². The van der Waals surface area contributed by atoms with Crippen LogP contribution in [0.25, 0.3) is 0 Å². The maximum atomic E-state index is 12.4. The van der Waals surface area contributed by atoms with E-state index in [-0.39, 0.29) is 13.0 Å². The van der Waals surface area contributed by atoms with Crippen LogP contribution in [0.4, 0.5) is 13.2 Å². The molecular formula is C14H18F3NO3. The van der Waals surface area contributed by atoms with E-state index in [0.717, 1.165) is 6.92 Å². The van der Waals surface area contributed by atoms with Crippen molar-refractivity contribution < 1.29 is 27.8 Å². The van der Waals surface area contributed by atoms with Crippen LogP contribution >= 0.6 is 0 Å². The summed E-state index contributed by atoms with van der Waals surface area (Å²) in [5, 5.41) is 12.1. The first kappa shape index (κ1) is 17.5. The van der Waals surface area contributed by atoms with Gasteiger partial charge < -0.3 is 15.2 Å². The van der Waals surface area contributed by atoms with Crippen molar-refractivity contribution in [3.8, 4) is 0 Å². The van der Waals surface area contributed by atoms with E-state index in [1.165, 1.54) is 7.05 Å². The highest BCUT2D eigenvalue weighted by molar-refractivity contribution is 5.80. The second-order valence-electron chi connectivity index (χ2n) is 4.63. The molecule has 1 aromatic rings. The van der Waals surface area contributed by atoms with Gasteiger partial charge >= 0.3 is 12.1 Å². The number of carboxylic acids is 1. The Balaban J connectivity index is 2.84. The molecule has 0 radical (unpaired) electrons. The highest BCUT2D eigenvalue weighted by Gasteiger charge is 2.41. The number of carbonyl (C=O) groups is 1. The molecule has 2 unspecified atom stereocenters. The van der Waals surface area contributed by atoms with Gasteiger partial charge in [0.25, 0.3) is 0 Å². The highest BCUT2D eigenvalue weighted by atomic mass is 19.4. The molecule has 0 bridgehead atoms. The molecule has 118 valence electrons. The van der Waals surface area contributed by atoms with Crippen molar-refractivity contribution in [2.45, 2.75) is 31.2 Å². The van der Waals surface area contributed by atoms with Crippen LogP contribution in [0.1, 0.15) is 18.9 Å². The van der Waals surface area contributed by atoms with Crippen LogP contribution in [0.15, 0.2) is 30.3 Å². The van der Waals surface area contributed by atoms with E-state index in [2.05, 4.69) is 5.32 Å². The second kappa shape index (κ2) is 6.91. The third-order valence-electron chi connectivity index (χ3n) is 3.36. The molecule has 21 heavy (non-hydrogen) atoms. The van der Waals surface area contributed by atoms with Gasteiger partial charge in [-0.05, 0) is 19.5 Å². The molecule has 0 aromatic heterocycles. The molecule has 0 spiro atoms. The maximum absolute atomic E-state index is 12.4. The van der Waals surface area contributed by atoms with Crippen molar-refractivity contribution in [3.05, 3.63) is 35.9 Å². The summed E-state index contributed by atoms with van der Waals surface area (Å²) < 4.78 is 41.8. The van der Waals surface area contributed by atoms with Crippen LogP contribution in [-0.2, 0) is 15.1 Å². The normalized spacial score (nSPS) is 16.2. The second-order valence-corrected chi connectivity index (χ2v) is 4.63. The van der Waals surface area contributed by atoms with Gasteiger partial charge in [0.05, 0.1) is 6.61 Å². The van der Waals surface area contributed by atoms with Gasteiger partial charge in [-0.3, -0.25) is 0 Å². The number of hydrogen-bond acceptors (Lipinski definition) is 3. The number of carboxylic acid groups (broad SMARTS) is 1. The van der Waals surface area contributed by atoms with Crippen LogP contribution in [-0.4, -0.2) is 37.0 Å². The van der Waals surface area contributed by atoms with Gasteiger partial charge in [0.2, 0.25) is 0 Å². The van der Waals surface area contributed by atoms with Gasteiger partial charge in [-0.25, -0.2) is 4.79 Å². The summed E-state index contributed by atoms with van der Waals surface area (Å²) in [6.07, 6.45) is -6.52. The van der Waals surface area contributed by atoms with Crippen LogP contribution in [0.3, 0.4) is 0 Å². The molecule has 2 atom stereocenters. The first-order valence-corrected chi connectivity index (χ1v) is 6.40. The van der Waals surface area contributed by atoms with E-state index in [0.29, 0.717) is 5.56 Å². The van der Waals surface area contributed by atoms with Gasteiger partial charge in [-0.2, -0.15) is 13.2 Å². The Kier molecular flexibility index (Phi) is 5.74. The van der Waals surface area contributed by atoms with Crippen LogP contribution in [0, 0.1) is 0 Å². The lowest BCUT2D eigenvalue weighted by Gasteiger charge is -2.30. The van der Waals surface area contributed by atoms with Crippen molar-refractivity contribution >= 4 is 5.97 Å². The van der Waals surface area contributed by atoms with Gasteiger partial charge in [-0.1, -0.05) is 30.3 Å². The molecule has 0 saturated carbocycles. The minimum atomic E-state index is -4.46. The molecule has 7 heteroatoms. The Hall–Kier alpha value is -1.60. The van der Waals surface area contributed by atoms with E-state index < -0.39 is 23.8 Å². The highest BCUT2D eigenvalue weighted by Crippen LogP contribution is 2.27. The Morgan fingerprint density at radius 1 is 1.33 bits per heavy atom. The zero-order valence-electron chi connectivity index (χ0n) is 11.8. The van der Waals surface area contributed by atoms with Crippen molar-refractivity contribution in [3.63, 3.8) is 0 Å². The topological polar surface area (TPSA) is 58.6 Å². The number of ether oxygens (including phenoxy) is 1. The van der Waals surface area contributed by atoms with Gasteiger partial charge in [0, 0.05) is 6.42 Å². The summed E-state index contributed by atoms with van der Waals surface area (Å²) in [5.74, 6) is -1.17. The predicted octanol–water partition coefficient (Wildman–Crippen LogP) is 2.54. The third kappa shape index (κ3) is 4.18. The molecular weight excluding hydrogens is 287 g/mol. The van der Waals surface area contributed by atoms with E-state index in [1.807, 2.05) is 0 Å². The monoisotopic (exact) mass is 305 g/mol. The van der Waals surface area contributed by atoms with Crippen molar-refractivity contribution in [1.29, 1.82) is 0 Å². The number of likely N-dealkylation sites (N-methyl/N-ethyl adjacent to an activating group) is 1. The summed E-state index contributed by atoms with van der Waals surface area (Å²) in [4.78, 5) is 11.6. The lowest BCUT2D eigenvalue weighted by Crippen LogP contribution is -2.48. The molecule has 0 heterocycles. The Morgan fingerprint density at radius 2 is 1.90 bits per heavy atom. The van der Waals surface area contributed by atoms with Crippen molar-refractivity contribution in [1.82, 2.24) is 5.32 Å². The molecule has 0 aliphatic heterocycles. The summed E-state index contributed by atoms with van der Waals surface area (Å²) in [6, 6.07) is 8.29. The average Bonchev–Trinajstić information content (AvgIpc) is 2.43. The number of rotatable bonds is 7. The molecule has 1 aromatic carbocycles. The predicted molar refractivity (Wildman–Crippen MR) is 70.9 cm³/mol. The van der Waals surface area contributed by atoms with Gasteiger partial charge in [0.1, 0.15) is 5.54 Å². The first-order chi connectivity index (χ1) is 9.74. The minimum absolute atomic E-state index is 0.122. The fraction of sp³-hybridized carbons (Fsp3) is 0.500. The van der Waals surface area contributed by atoms with Gasteiger partial charge in [-0.15, -0.1) is 0 Å². The third-order valence-corrected chi connectivity index (χ3v) is 3.36. The maximum Gasteiger partial charge on any atom is 0.414 e. The molecule has 0 aliphatic rings. The standard InChI is InChI=1S/C14H18F3NO3/c1-10(14(15,16)17)21-9-8-13(18-2,12(19)20)11-6-4-3-5-7-11/h3-7,10,18H,8-9H2,1-2H3,(H,19,20). The summed E-state index contributed by atoms with van der Waals surface area (Å²) >= 11 is 0. The molecule has 2 N–H and O–H groups in total. The zero-order chi connectivity index (χ0) is 16.1. The summed E-state index contributed by atoms with van der Waals surface area (Å²) in [5.41, 5.74) is -1.02. The number of nitrogens with one attached hydrogen (secondary N) is 1.